The molecule has 0 spiro atoms. The van der Waals surface area contributed by atoms with E-state index in [0.717, 1.165) is 24.4 Å². The number of hydrogen-bond donors (Lipinski definition) is 0. The Kier molecular flexibility index (Phi) is 12.3. The molecule has 1 nitrogen and oxygen atoms in total. The third-order valence-corrected chi connectivity index (χ3v) is 5.44. The van der Waals surface area contributed by atoms with Gasteiger partial charge >= 0.3 is 0 Å². The Hall–Kier alpha value is -0.0400. The van der Waals surface area contributed by atoms with E-state index in [1.165, 1.54) is 57.8 Å². The van der Waals surface area contributed by atoms with Crippen molar-refractivity contribution in [2.24, 2.45) is 23.2 Å². The molecule has 0 aliphatic heterocycles. The standard InChI is InChI=1S/C24H50O/c1-20(2)12-10-13-22(4)16-19-25-24(8,9)17-11-14-21(3)15-18-23(5,6)7/h20-22H,10-19H2,1-9H3. The van der Waals surface area contributed by atoms with Crippen LogP contribution >= 0.6 is 0 Å². The molecule has 0 heterocycles. The van der Waals surface area contributed by atoms with Gasteiger partial charge in [-0.1, -0.05) is 87.0 Å². The van der Waals surface area contributed by atoms with Gasteiger partial charge in [-0.25, -0.2) is 0 Å². The van der Waals surface area contributed by atoms with Gasteiger partial charge in [0.1, 0.15) is 0 Å². The molecule has 0 amide bonds. The van der Waals surface area contributed by atoms with Crippen molar-refractivity contribution in [2.75, 3.05) is 6.61 Å². The normalized spacial score (nSPS) is 15.6. The van der Waals surface area contributed by atoms with Crippen molar-refractivity contribution in [3.8, 4) is 0 Å². The van der Waals surface area contributed by atoms with Gasteiger partial charge in [-0.15, -0.1) is 0 Å². The Balaban J connectivity index is 3.79. The molecule has 0 saturated heterocycles. The van der Waals surface area contributed by atoms with Crippen molar-refractivity contribution in [2.45, 2.75) is 126 Å². The molecule has 25 heavy (non-hydrogen) atoms. The van der Waals surface area contributed by atoms with Gasteiger partial charge in [0.2, 0.25) is 0 Å². The van der Waals surface area contributed by atoms with Crippen LogP contribution in [0.4, 0.5) is 0 Å². The molecular weight excluding hydrogens is 304 g/mol. The highest BCUT2D eigenvalue weighted by Gasteiger charge is 2.19. The lowest BCUT2D eigenvalue weighted by Gasteiger charge is -2.27. The summed E-state index contributed by atoms with van der Waals surface area (Å²) < 4.78 is 6.22. The molecule has 2 unspecified atom stereocenters. The van der Waals surface area contributed by atoms with E-state index in [-0.39, 0.29) is 5.60 Å². The summed E-state index contributed by atoms with van der Waals surface area (Å²) in [6, 6.07) is 0. The van der Waals surface area contributed by atoms with Crippen LogP contribution in [0.5, 0.6) is 0 Å². The number of ether oxygens (including phenoxy) is 1. The molecule has 0 aromatic heterocycles. The minimum Gasteiger partial charge on any atom is -0.376 e. The van der Waals surface area contributed by atoms with Crippen LogP contribution < -0.4 is 0 Å². The van der Waals surface area contributed by atoms with Crippen molar-refractivity contribution in [1.29, 1.82) is 0 Å². The monoisotopic (exact) mass is 354 g/mol. The van der Waals surface area contributed by atoms with Gasteiger partial charge in [0.15, 0.2) is 0 Å². The Morgan fingerprint density at radius 2 is 1.20 bits per heavy atom. The predicted molar refractivity (Wildman–Crippen MR) is 114 cm³/mol. The fourth-order valence-corrected chi connectivity index (χ4v) is 3.33. The average Bonchev–Trinajstić information content (AvgIpc) is 2.43. The summed E-state index contributed by atoms with van der Waals surface area (Å²) in [5.74, 6) is 2.48. The maximum Gasteiger partial charge on any atom is 0.0626 e. The molecule has 0 aromatic carbocycles. The van der Waals surface area contributed by atoms with Crippen LogP contribution in [-0.2, 0) is 4.74 Å². The summed E-state index contributed by atoms with van der Waals surface area (Å²) in [7, 11) is 0. The lowest BCUT2D eigenvalue weighted by atomic mass is 9.85. The maximum absolute atomic E-state index is 6.22. The molecule has 0 fully saturated rings. The molecule has 0 rings (SSSR count). The first-order valence-electron chi connectivity index (χ1n) is 11.1. The largest absolute Gasteiger partial charge is 0.376 e. The van der Waals surface area contributed by atoms with E-state index in [2.05, 4.69) is 62.3 Å². The summed E-state index contributed by atoms with van der Waals surface area (Å²) in [5.41, 5.74) is 0.518. The Bertz CT molecular complexity index is 311. The first kappa shape index (κ1) is 25.0. The van der Waals surface area contributed by atoms with Gasteiger partial charge in [0, 0.05) is 6.61 Å². The molecule has 0 aliphatic carbocycles. The summed E-state index contributed by atoms with van der Waals surface area (Å²) in [6.07, 6.45) is 11.8. The summed E-state index contributed by atoms with van der Waals surface area (Å²) >= 11 is 0. The van der Waals surface area contributed by atoms with E-state index in [9.17, 15) is 0 Å². The first-order valence-corrected chi connectivity index (χ1v) is 11.1. The molecule has 2 atom stereocenters. The zero-order valence-corrected chi connectivity index (χ0v) is 19.2. The second kappa shape index (κ2) is 12.4. The van der Waals surface area contributed by atoms with Crippen LogP contribution in [0.2, 0.25) is 0 Å². The van der Waals surface area contributed by atoms with Gasteiger partial charge < -0.3 is 4.74 Å². The maximum atomic E-state index is 6.22. The Morgan fingerprint density at radius 1 is 0.640 bits per heavy atom. The van der Waals surface area contributed by atoms with Gasteiger partial charge in [-0.3, -0.25) is 0 Å². The lowest BCUT2D eigenvalue weighted by Crippen LogP contribution is -2.25. The number of rotatable bonds is 14. The highest BCUT2D eigenvalue weighted by Crippen LogP contribution is 2.27. The lowest BCUT2D eigenvalue weighted by molar-refractivity contribution is -0.0307. The minimum atomic E-state index is 0.0431. The van der Waals surface area contributed by atoms with E-state index >= 15 is 0 Å². The molecule has 0 saturated carbocycles. The van der Waals surface area contributed by atoms with Gasteiger partial charge in [0.05, 0.1) is 5.60 Å². The summed E-state index contributed by atoms with van der Waals surface area (Å²) in [5, 5.41) is 0. The molecule has 152 valence electrons. The molecule has 1 heteroatoms. The van der Waals surface area contributed by atoms with E-state index < -0.39 is 0 Å². The molecule has 0 bridgehead atoms. The average molecular weight is 355 g/mol. The van der Waals surface area contributed by atoms with Crippen LogP contribution in [0.15, 0.2) is 0 Å². The van der Waals surface area contributed by atoms with Crippen LogP contribution in [0.25, 0.3) is 0 Å². The zero-order chi connectivity index (χ0) is 19.5. The fourth-order valence-electron chi connectivity index (χ4n) is 3.33. The molecule has 0 N–H and O–H groups in total. The van der Waals surface area contributed by atoms with E-state index in [0.29, 0.717) is 5.41 Å². The Labute approximate surface area is 160 Å². The van der Waals surface area contributed by atoms with Crippen LogP contribution in [-0.4, -0.2) is 12.2 Å². The van der Waals surface area contributed by atoms with Gasteiger partial charge in [-0.2, -0.15) is 0 Å². The third kappa shape index (κ3) is 17.1. The van der Waals surface area contributed by atoms with Crippen LogP contribution in [0.3, 0.4) is 0 Å². The van der Waals surface area contributed by atoms with Crippen LogP contribution in [0.1, 0.15) is 120 Å². The van der Waals surface area contributed by atoms with E-state index in [4.69, 9.17) is 4.74 Å². The van der Waals surface area contributed by atoms with Gasteiger partial charge in [0.25, 0.3) is 0 Å². The van der Waals surface area contributed by atoms with Crippen molar-refractivity contribution in [1.82, 2.24) is 0 Å². The smallest absolute Gasteiger partial charge is 0.0626 e. The first-order chi connectivity index (χ1) is 11.4. The van der Waals surface area contributed by atoms with Gasteiger partial charge in [-0.05, 0) is 56.3 Å². The predicted octanol–water partition coefficient (Wildman–Crippen LogP) is 8.27. The fraction of sp³-hybridized carbons (Fsp3) is 1.00. The Morgan fingerprint density at radius 3 is 1.76 bits per heavy atom. The molecule has 0 aromatic rings. The van der Waals surface area contributed by atoms with Crippen molar-refractivity contribution in [3.63, 3.8) is 0 Å². The number of hydrogen-bond acceptors (Lipinski definition) is 1. The SMILES string of the molecule is CC(C)CCCC(C)CCOC(C)(C)CCCC(C)CCC(C)(C)C. The van der Waals surface area contributed by atoms with Crippen molar-refractivity contribution >= 4 is 0 Å². The second-order valence-electron chi connectivity index (χ2n) is 10.9. The second-order valence-corrected chi connectivity index (χ2v) is 10.9. The van der Waals surface area contributed by atoms with E-state index in [1.54, 1.807) is 0 Å². The minimum absolute atomic E-state index is 0.0431. The highest BCUT2D eigenvalue weighted by atomic mass is 16.5. The van der Waals surface area contributed by atoms with Crippen LogP contribution in [0, 0.1) is 23.2 Å². The quantitative estimate of drug-likeness (QED) is 0.305. The molecule has 0 aliphatic rings. The summed E-state index contributed by atoms with van der Waals surface area (Å²) in [6.45, 7) is 22.0. The zero-order valence-electron chi connectivity index (χ0n) is 19.2. The van der Waals surface area contributed by atoms with Crippen molar-refractivity contribution in [3.05, 3.63) is 0 Å². The molecular formula is C24H50O. The highest BCUT2D eigenvalue weighted by molar-refractivity contribution is 4.71. The summed E-state index contributed by atoms with van der Waals surface area (Å²) in [4.78, 5) is 0. The van der Waals surface area contributed by atoms with E-state index in [1.807, 2.05) is 0 Å². The van der Waals surface area contributed by atoms with Crippen molar-refractivity contribution < 1.29 is 4.74 Å². The topological polar surface area (TPSA) is 9.23 Å². The third-order valence-electron chi connectivity index (χ3n) is 5.44. The molecule has 0 radical (unpaired) electrons.